The number of fused-ring (bicyclic) bond motifs is 2. The van der Waals surface area contributed by atoms with Crippen molar-refractivity contribution in [2.45, 2.75) is 12.8 Å². The smallest absolute Gasteiger partial charge is 0.161 e. The number of rotatable bonds is 8. The molecule has 6 rings (SSSR count). The summed E-state index contributed by atoms with van der Waals surface area (Å²) in [5.74, 6) is 3.84. The van der Waals surface area contributed by atoms with Gasteiger partial charge in [0.1, 0.15) is 5.82 Å². The van der Waals surface area contributed by atoms with Crippen LogP contribution in [-0.2, 0) is 12.8 Å². The Morgan fingerprint density at radius 1 is 0.610 bits per heavy atom. The van der Waals surface area contributed by atoms with Crippen molar-refractivity contribution >= 4 is 21.8 Å². The fourth-order valence-corrected chi connectivity index (χ4v) is 4.76. The van der Waals surface area contributed by atoms with E-state index >= 15 is 0 Å². The Morgan fingerprint density at radius 3 is 2.02 bits per heavy atom. The number of methoxy groups -OCH3 is 4. The van der Waals surface area contributed by atoms with E-state index in [9.17, 15) is 0 Å². The first-order chi connectivity index (χ1) is 20.1. The number of benzene rings is 4. The Bertz CT molecular complexity index is 1720. The average molecular weight is 548 g/mol. The maximum Gasteiger partial charge on any atom is 0.161 e. The molecule has 0 bridgehead atoms. The number of hydrogen-bond donors (Lipinski definition) is 1. The van der Waals surface area contributed by atoms with Crippen molar-refractivity contribution in [1.29, 1.82) is 0 Å². The average Bonchev–Trinajstić information content (AvgIpc) is 3.43. The van der Waals surface area contributed by atoms with Gasteiger partial charge in [-0.15, -0.1) is 0 Å². The fourth-order valence-electron chi connectivity index (χ4n) is 4.76. The molecule has 2 aromatic heterocycles. The lowest BCUT2D eigenvalue weighted by atomic mass is 10.0. The van der Waals surface area contributed by atoms with Gasteiger partial charge in [0.15, 0.2) is 23.0 Å². The number of nitrogens with one attached hydrogen (secondary N) is 1. The normalized spacial score (nSPS) is 10.6. The summed E-state index contributed by atoms with van der Waals surface area (Å²) in [7, 11) is 6.53. The molecule has 0 spiro atoms. The third kappa shape index (κ3) is 6.41. The van der Waals surface area contributed by atoms with Crippen molar-refractivity contribution in [1.82, 2.24) is 15.0 Å². The fraction of sp³-hybridized carbons (Fsp3) is 0.176. The number of pyridine rings is 1. The topological polar surface area (TPSA) is 78.5 Å². The van der Waals surface area contributed by atoms with E-state index in [0.717, 1.165) is 45.3 Å². The molecule has 0 saturated heterocycles. The SMILES string of the molecule is COc1ccc(Cc2nccc3cc(OC)c(OC)cc23)cc1OC.c1ccc(Cc2nc3ccccc3[nH]2)cc1. The highest BCUT2D eigenvalue weighted by molar-refractivity contribution is 5.88. The molecule has 0 aliphatic heterocycles. The lowest BCUT2D eigenvalue weighted by molar-refractivity contribution is 0.354. The lowest BCUT2D eigenvalue weighted by Gasteiger charge is -2.12. The Kier molecular flexibility index (Phi) is 8.64. The van der Waals surface area contributed by atoms with E-state index in [1.165, 1.54) is 5.56 Å². The second kappa shape index (κ2) is 12.9. The van der Waals surface area contributed by atoms with Gasteiger partial charge in [-0.3, -0.25) is 4.98 Å². The van der Waals surface area contributed by atoms with E-state index in [1.54, 1.807) is 28.4 Å². The molecular formula is C34H33N3O4. The number of ether oxygens (including phenoxy) is 4. The van der Waals surface area contributed by atoms with E-state index in [4.69, 9.17) is 18.9 Å². The van der Waals surface area contributed by atoms with Crippen LogP contribution >= 0.6 is 0 Å². The van der Waals surface area contributed by atoms with Crippen molar-refractivity contribution in [3.8, 4) is 23.0 Å². The second-order valence-electron chi connectivity index (χ2n) is 9.42. The van der Waals surface area contributed by atoms with E-state index in [2.05, 4.69) is 45.3 Å². The van der Waals surface area contributed by atoms with Gasteiger partial charge < -0.3 is 23.9 Å². The van der Waals surface area contributed by atoms with Crippen LogP contribution < -0.4 is 18.9 Å². The molecule has 41 heavy (non-hydrogen) atoms. The van der Waals surface area contributed by atoms with Crippen LogP contribution in [0.5, 0.6) is 23.0 Å². The van der Waals surface area contributed by atoms with Crippen molar-refractivity contribution < 1.29 is 18.9 Å². The monoisotopic (exact) mass is 547 g/mol. The molecule has 4 aromatic carbocycles. The standard InChI is InChI=1S/C20H21NO4.C14H12N2/c1-22-17-6-5-13(10-18(17)23-2)9-16-15-12-20(25-4)19(24-3)11-14(15)7-8-21-16;1-2-6-11(7-3-1)10-14-15-12-8-4-5-9-13(12)16-14/h5-8,10-12H,9H2,1-4H3;1-9H,10H2,(H,15,16). The summed E-state index contributed by atoms with van der Waals surface area (Å²) in [5, 5.41) is 2.10. The van der Waals surface area contributed by atoms with Gasteiger partial charge in [0.05, 0.1) is 45.2 Å². The summed E-state index contributed by atoms with van der Waals surface area (Å²) in [6.07, 6.45) is 3.34. The third-order valence-corrected chi connectivity index (χ3v) is 6.82. The predicted octanol–water partition coefficient (Wildman–Crippen LogP) is 7.01. The molecule has 0 radical (unpaired) electrons. The van der Waals surface area contributed by atoms with Gasteiger partial charge in [-0.05, 0) is 59.0 Å². The minimum Gasteiger partial charge on any atom is -0.493 e. The Morgan fingerprint density at radius 2 is 1.29 bits per heavy atom. The van der Waals surface area contributed by atoms with Crippen LogP contribution in [0, 0.1) is 0 Å². The van der Waals surface area contributed by atoms with Crippen LogP contribution in [0.15, 0.2) is 97.2 Å². The summed E-state index contributed by atoms with van der Waals surface area (Å²) < 4.78 is 21.5. The third-order valence-electron chi connectivity index (χ3n) is 6.82. The first-order valence-corrected chi connectivity index (χ1v) is 13.3. The van der Waals surface area contributed by atoms with E-state index in [1.807, 2.05) is 66.9 Å². The minimum absolute atomic E-state index is 0.674. The van der Waals surface area contributed by atoms with Crippen LogP contribution in [0.3, 0.4) is 0 Å². The minimum atomic E-state index is 0.674. The summed E-state index contributed by atoms with van der Waals surface area (Å²) >= 11 is 0. The molecule has 0 aliphatic carbocycles. The first-order valence-electron chi connectivity index (χ1n) is 13.3. The zero-order valence-electron chi connectivity index (χ0n) is 23.7. The van der Waals surface area contributed by atoms with Crippen molar-refractivity contribution in [3.63, 3.8) is 0 Å². The van der Waals surface area contributed by atoms with Crippen LogP contribution in [0.1, 0.15) is 22.6 Å². The number of aromatic nitrogens is 3. The first kappa shape index (κ1) is 27.5. The molecule has 0 amide bonds. The number of H-pyrrole nitrogens is 1. The van der Waals surface area contributed by atoms with Gasteiger partial charge in [0, 0.05) is 24.4 Å². The zero-order valence-corrected chi connectivity index (χ0v) is 23.7. The Hall–Kier alpha value is -5.04. The number of nitrogens with zero attached hydrogens (tertiary/aromatic N) is 2. The van der Waals surface area contributed by atoms with Gasteiger partial charge in [0.2, 0.25) is 0 Å². The molecule has 7 nitrogen and oxygen atoms in total. The lowest BCUT2D eigenvalue weighted by Crippen LogP contribution is -1.97. The van der Waals surface area contributed by atoms with E-state index in [0.29, 0.717) is 29.4 Å². The number of para-hydroxylation sites is 2. The zero-order chi connectivity index (χ0) is 28.6. The number of hydrogen-bond acceptors (Lipinski definition) is 6. The Balaban J connectivity index is 0.000000181. The van der Waals surface area contributed by atoms with Crippen LogP contribution in [0.25, 0.3) is 21.8 Å². The molecular weight excluding hydrogens is 514 g/mol. The van der Waals surface area contributed by atoms with Gasteiger partial charge >= 0.3 is 0 Å². The maximum atomic E-state index is 5.43. The summed E-state index contributed by atoms with van der Waals surface area (Å²) in [5.41, 5.74) is 5.47. The highest BCUT2D eigenvalue weighted by atomic mass is 16.5. The molecule has 0 fully saturated rings. The number of imidazole rings is 1. The van der Waals surface area contributed by atoms with Gasteiger partial charge in [-0.1, -0.05) is 48.5 Å². The van der Waals surface area contributed by atoms with Crippen LogP contribution in [0.4, 0.5) is 0 Å². The summed E-state index contributed by atoms with van der Waals surface area (Å²) in [6, 6.07) is 30.3. The van der Waals surface area contributed by atoms with Crippen molar-refractivity contribution in [2.24, 2.45) is 0 Å². The molecule has 0 unspecified atom stereocenters. The van der Waals surface area contributed by atoms with Gasteiger partial charge in [-0.25, -0.2) is 4.98 Å². The van der Waals surface area contributed by atoms with Crippen molar-refractivity contribution in [2.75, 3.05) is 28.4 Å². The van der Waals surface area contributed by atoms with Crippen molar-refractivity contribution in [3.05, 3.63) is 120 Å². The molecule has 1 N–H and O–H groups in total. The molecule has 6 aromatic rings. The van der Waals surface area contributed by atoms with Gasteiger partial charge in [-0.2, -0.15) is 0 Å². The highest BCUT2D eigenvalue weighted by Crippen LogP contribution is 2.34. The molecule has 7 heteroatoms. The Labute approximate surface area is 239 Å². The van der Waals surface area contributed by atoms with Crippen LogP contribution in [0.2, 0.25) is 0 Å². The van der Waals surface area contributed by atoms with E-state index < -0.39 is 0 Å². The van der Waals surface area contributed by atoms with Gasteiger partial charge in [0.25, 0.3) is 0 Å². The van der Waals surface area contributed by atoms with E-state index in [-0.39, 0.29) is 0 Å². The quantitative estimate of drug-likeness (QED) is 0.221. The molecule has 208 valence electrons. The molecule has 2 heterocycles. The predicted molar refractivity (Wildman–Crippen MR) is 163 cm³/mol. The molecule has 0 aliphatic rings. The highest BCUT2D eigenvalue weighted by Gasteiger charge is 2.12. The second-order valence-corrected chi connectivity index (χ2v) is 9.42. The maximum absolute atomic E-state index is 5.43. The largest absolute Gasteiger partial charge is 0.493 e. The molecule has 0 saturated carbocycles. The number of aromatic amines is 1. The summed E-state index contributed by atoms with van der Waals surface area (Å²) in [6.45, 7) is 0. The van der Waals surface area contributed by atoms with Crippen LogP contribution in [-0.4, -0.2) is 43.4 Å². The summed E-state index contributed by atoms with van der Waals surface area (Å²) in [4.78, 5) is 12.4. The molecule has 0 atom stereocenters.